The van der Waals surface area contributed by atoms with Crippen LogP contribution in [0, 0.1) is 0 Å². The number of rotatable bonds is 0. The van der Waals surface area contributed by atoms with Gasteiger partial charge in [-0.25, -0.2) is 4.98 Å². The summed E-state index contributed by atoms with van der Waals surface area (Å²) in [5.74, 6) is 0.211. The molecule has 0 spiro atoms. The molecule has 2 aromatic rings. The van der Waals surface area contributed by atoms with Gasteiger partial charge in [-0.3, -0.25) is 14.6 Å². The van der Waals surface area contributed by atoms with Crippen molar-refractivity contribution in [3.05, 3.63) is 57.6 Å². The van der Waals surface area contributed by atoms with Gasteiger partial charge in [-0.1, -0.05) is 44.0 Å². The van der Waals surface area contributed by atoms with Gasteiger partial charge in [-0.05, 0) is 71.3 Å². The third-order valence-corrected chi connectivity index (χ3v) is 6.39. The Bertz CT molecular complexity index is 852. The highest BCUT2D eigenvalue weighted by Gasteiger charge is 2.36. The monoisotopic (exact) mass is 542 g/mol. The zero-order valence-electron chi connectivity index (χ0n) is 14.0. The molecule has 2 aliphatic rings. The van der Waals surface area contributed by atoms with E-state index in [0.717, 1.165) is 47.8 Å². The largest absolute Gasteiger partial charge is 0.292 e. The first-order valence-corrected chi connectivity index (χ1v) is 10.8. The lowest BCUT2D eigenvalue weighted by Crippen LogP contribution is -2.24. The Balaban J connectivity index is 0.000000152. The van der Waals surface area contributed by atoms with Gasteiger partial charge in [0.1, 0.15) is 19.2 Å². The molecule has 0 bridgehead atoms. The highest BCUT2D eigenvalue weighted by Crippen LogP contribution is 2.38. The second-order valence-corrected chi connectivity index (χ2v) is 10.9. The van der Waals surface area contributed by atoms with Crippen LogP contribution in [-0.2, 0) is 12.8 Å². The Morgan fingerprint density at radius 2 is 1.65 bits per heavy atom. The summed E-state index contributed by atoms with van der Waals surface area (Å²) in [5, 5.41) is 0. The molecule has 0 saturated heterocycles. The van der Waals surface area contributed by atoms with E-state index in [0.29, 0.717) is 17.8 Å². The maximum absolute atomic E-state index is 12.0. The Morgan fingerprint density at radius 3 is 2.46 bits per heavy atom. The lowest BCUT2D eigenvalue weighted by atomic mass is 9.95. The number of alkyl halides is 2. The standard InChI is InChI=1S/C10H9Br2NO.C9H8BrNO/c11-10(12)5-1-3-7-4-2-6-13-8(7)9(10)14;10-8-5-4-6-2-1-3-7(12)9(6)11-8/h2,4,6H,1,3,5H2;4-5H,1-3H2. The van der Waals surface area contributed by atoms with Gasteiger partial charge >= 0.3 is 0 Å². The van der Waals surface area contributed by atoms with Crippen LogP contribution in [0.5, 0.6) is 0 Å². The number of carbonyl (C=O) groups is 2. The number of Topliss-reactive ketones (excluding diaryl/α,β-unsaturated/α-hetero) is 2. The molecule has 2 aromatic heterocycles. The lowest BCUT2D eigenvalue weighted by Gasteiger charge is -2.15. The summed E-state index contributed by atoms with van der Waals surface area (Å²) in [6, 6.07) is 7.71. The van der Waals surface area contributed by atoms with Crippen molar-refractivity contribution in [3.63, 3.8) is 0 Å². The molecule has 0 saturated carbocycles. The van der Waals surface area contributed by atoms with Gasteiger partial charge < -0.3 is 0 Å². The summed E-state index contributed by atoms with van der Waals surface area (Å²) in [6.07, 6.45) is 6.97. The molecule has 4 nitrogen and oxygen atoms in total. The molecule has 0 aromatic carbocycles. The SMILES string of the molecule is O=C1CCCc2ccc(Br)nc21.O=C1c2ncccc2CCCC1(Br)Br. The molecular formula is C19H17Br3N2O2. The summed E-state index contributed by atoms with van der Waals surface area (Å²) in [7, 11) is 0. The zero-order valence-corrected chi connectivity index (χ0v) is 18.7. The van der Waals surface area contributed by atoms with Gasteiger partial charge in [0, 0.05) is 12.6 Å². The van der Waals surface area contributed by atoms with E-state index < -0.39 is 3.23 Å². The topological polar surface area (TPSA) is 59.9 Å². The molecule has 0 atom stereocenters. The molecular weight excluding hydrogens is 528 g/mol. The van der Waals surface area contributed by atoms with Crippen molar-refractivity contribution in [3.8, 4) is 0 Å². The number of aromatic nitrogens is 2. The van der Waals surface area contributed by atoms with Crippen LogP contribution in [0.2, 0.25) is 0 Å². The van der Waals surface area contributed by atoms with Crippen molar-refractivity contribution >= 4 is 59.4 Å². The van der Waals surface area contributed by atoms with E-state index >= 15 is 0 Å². The Labute approximate surface area is 177 Å². The molecule has 0 aliphatic heterocycles. The van der Waals surface area contributed by atoms with E-state index in [1.165, 1.54) is 0 Å². The minimum Gasteiger partial charge on any atom is -0.292 e. The summed E-state index contributed by atoms with van der Waals surface area (Å²) in [5.41, 5.74) is 3.40. The number of ketones is 2. The summed E-state index contributed by atoms with van der Waals surface area (Å²) in [4.78, 5) is 31.7. The Morgan fingerprint density at radius 1 is 0.923 bits per heavy atom. The number of pyridine rings is 2. The molecule has 0 amide bonds. The molecule has 2 heterocycles. The fourth-order valence-electron chi connectivity index (χ4n) is 3.10. The van der Waals surface area contributed by atoms with Gasteiger partial charge in [0.05, 0.1) is 0 Å². The first-order valence-electron chi connectivity index (χ1n) is 8.43. The van der Waals surface area contributed by atoms with Gasteiger partial charge in [0.2, 0.25) is 5.78 Å². The second-order valence-electron chi connectivity index (χ2n) is 6.32. The van der Waals surface area contributed by atoms with Crippen molar-refractivity contribution in [2.45, 2.75) is 41.8 Å². The first kappa shape index (κ1) is 19.8. The first-order chi connectivity index (χ1) is 12.4. The molecule has 0 fully saturated rings. The quantitative estimate of drug-likeness (QED) is 0.251. The Hall–Kier alpha value is -0.920. The van der Waals surface area contributed by atoms with Crippen LogP contribution in [0.25, 0.3) is 0 Å². The van der Waals surface area contributed by atoms with Crippen LogP contribution >= 0.6 is 47.8 Å². The maximum atomic E-state index is 12.0. The van der Waals surface area contributed by atoms with Crippen molar-refractivity contribution in [1.82, 2.24) is 9.97 Å². The summed E-state index contributed by atoms with van der Waals surface area (Å²) < 4.78 is 0.135. The minimum absolute atomic E-state index is 0.0330. The zero-order chi connectivity index (χ0) is 18.7. The second kappa shape index (κ2) is 8.40. The minimum atomic E-state index is -0.612. The normalized spacial score (nSPS) is 18.1. The average Bonchev–Trinajstić information content (AvgIpc) is 2.73. The van der Waals surface area contributed by atoms with Crippen LogP contribution in [0.4, 0.5) is 0 Å². The number of hydrogen-bond acceptors (Lipinski definition) is 4. The molecule has 136 valence electrons. The van der Waals surface area contributed by atoms with Crippen molar-refractivity contribution in [2.75, 3.05) is 0 Å². The Kier molecular flexibility index (Phi) is 6.41. The van der Waals surface area contributed by atoms with Gasteiger partial charge in [-0.2, -0.15) is 0 Å². The molecule has 26 heavy (non-hydrogen) atoms. The molecule has 7 heteroatoms. The molecule has 0 radical (unpaired) electrons. The molecule has 0 unspecified atom stereocenters. The van der Waals surface area contributed by atoms with E-state index in [9.17, 15) is 9.59 Å². The van der Waals surface area contributed by atoms with E-state index in [2.05, 4.69) is 57.8 Å². The van der Waals surface area contributed by atoms with Crippen LogP contribution in [-0.4, -0.2) is 24.8 Å². The van der Waals surface area contributed by atoms with Crippen LogP contribution in [0.15, 0.2) is 35.1 Å². The van der Waals surface area contributed by atoms with Gasteiger partial charge in [-0.15, -0.1) is 0 Å². The number of hydrogen-bond donors (Lipinski definition) is 0. The van der Waals surface area contributed by atoms with Crippen LogP contribution < -0.4 is 0 Å². The van der Waals surface area contributed by atoms with E-state index in [4.69, 9.17) is 0 Å². The fraction of sp³-hybridized carbons (Fsp3) is 0.368. The van der Waals surface area contributed by atoms with Crippen LogP contribution in [0.1, 0.15) is 57.8 Å². The van der Waals surface area contributed by atoms with Crippen molar-refractivity contribution in [1.29, 1.82) is 0 Å². The molecule has 0 N–H and O–H groups in total. The number of aryl methyl sites for hydroxylation is 2. The maximum Gasteiger partial charge on any atom is 0.208 e. The van der Waals surface area contributed by atoms with Crippen LogP contribution in [0.3, 0.4) is 0 Å². The number of nitrogens with zero attached hydrogens (tertiary/aromatic N) is 2. The number of halogens is 3. The van der Waals surface area contributed by atoms with Gasteiger partial charge in [0.15, 0.2) is 5.78 Å². The van der Waals surface area contributed by atoms with E-state index in [1.54, 1.807) is 6.20 Å². The average molecular weight is 545 g/mol. The predicted molar refractivity (Wildman–Crippen MR) is 111 cm³/mol. The summed E-state index contributed by atoms with van der Waals surface area (Å²) in [6.45, 7) is 0. The van der Waals surface area contributed by atoms with Gasteiger partial charge in [0.25, 0.3) is 0 Å². The number of carbonyl (C=O) groups excluding carboxylic acids is 2. The summed E-state index contributed by atoms with van der Waals surface area (Å²) >= 11 is 10.1. The highest BCUT2D eigenvalue weighted by atomic mass is 79.9. The fourth-order valence-corrected chi connectivity index (χ4v) is 4.34. The predicted octanol–water partition coefficient (Wildman–Crippen LogP) is 5.45. The number of fused-ring (bicyclic) bond motifs is 2. The molecule has 2 aliphatic carbocycles. The third-order valence-electron chi connectivity index (χ3n) is 4.43. The van der Waals surface area contributed by atoms with Crippen molar-refractivity contribution in [2.24, 2.45) is 0 Å². The van der Waals surface area contributed by atoms with E-state index in [-0.39, 0.29) is 11.6 Å². The molecule has 4 rings (SSSR count). The lowest BCUT2D eigenvalue weighted by molar-refractivity contribution is 0.0962. The third kappa shape index (κ3) is 4.49. The highest BCUT2D eigenvalue weighted by molar-refractivity contribution is 9.26. The van der Waals surface area contributed by atoms with E-state index in [1.807, 2.05) is 24.3 Å². The smallest absolute Gasteiger partial charge is 0.208 e. The van der Waals surface area contributed by atoms with Crippen molar-refractivity contribution < 1.29 is 9.59 Å².